The van der Waals surface area contributed by atoms with Crippen LogP contribution in [0.2, 0.25) is 0 Å². The zero-order valence-corrected chi connectivity index (χ0v) is 12.4. The number of halogens is 1. The number of rotatable bonds is 7. The standard InChI is InChI=1S/C15H23FN2O2/c1-4-18(5-2)15(19)10-20-14-8-12(6-11(3)17)7-13(16)9-14/h7-9,11H,4-6,10,17H2,1-3H3. The van der Waals surface area contributed by atoms with E-state index in [-0.39, 0.29) is 24.4 Å². The van der Waals surface area contributed by atoms with Crippen molar-refractivity contribution < 1.29 is 13.9 Å². The summed E-state index contributed by atoms with van der Waals surface area (Å²) >= 11 is 0. The van der Waals surface area contributed by atoms with Gasteiger partial charge in [-0.3, -0.25) is 4.79 Å². The van der Waals surface area contributed by atoms with Crippen molar-refractivity contribution in [2.75, 3.05) is 19.7 Å². The van der Waals surface area contributed by atoms with Gasteiger partial charge in [0.1, 0.15) is 11.6 Å². The number of benzene rings is 1. The molecule has 1 aromatic carbocycles. The topological polar surface area (TPSA) is 55.6 Å². The van der Waals surface area contributed by atoms with Gasteiger partial charge in [0.2, 0.25) is 0 Å². The molecule has 0 aliphatic heterocycles. The summed E-state index contributed by atoms with van der Waals surface area (Å²) in [6.07, 6.45) is 0.568. The Morgan fingerprint density at radius 1 is 1.35 bits per heavy atom. The van der Waals surface area contributed by atoms with Crippen LogP contribution in [0.1, 0.15) is 26.3 Å². The first-order chi connectivity index (χ1) is 9.46. The summed E-state index contributed by atoms with van der Waals surface area (Å²) < 4.78 is 18.9. The number of ether oxygens (including phenoxy) is 1. The molecule has 1 unspecified atom stereocenters. The van der Waals surface area contributed by atoms with Crippen LogP contribution in [-0.4, -0.2) is 36.5 Å². The van der Waals surface area contributed by atoms with Crippen molar-refractivity contribution in [2.45, 2.75) is 33.2 Å². The summed E-state index contributed by atoms with van der Waals surface area (Å²) in [4.78, 5) is 13.5. The third kappa shape index (κ3) is 5.17. The molecule has 4 nitrogen and oxygen atoms in total. The van der Waals surface area contributed by atoms with Crippen molar-refractivity contribution in [1.29, 1.82) is 0 Å². The quantitative estimate of drug-likeness (QED) is 0.832. The first-order valence-electron chi connectivity index (χ1n) is 6.91. The second-order valence-electron chi connectivity index (χ2n) is 4.83. The lowest BCUT2D eigenvalue weighted by molar-refractivity contribution is -0.132. The second kappa shape index (κ2) is 7.85. The summed E-state index contributed by atoms with van der Waals surface area (Å²) in [6.45, 7) is 6.86. The summed E-state index contributed by atoms with van der Waals surface area (Å²) in [5.41, 5.74) is 6.47. The van der Waals surface area contributed by atoms with Crippen LogP contribution < -0.4 is 10.5 Å². The Kier molecular flexibility index (Phi) is 6.45. The number of nitrogens with zero attached hydrogens (tertiary/aromatic N) is 1. The van der Waals surface area contributed by atoms with Gasteiger partial charge in [-0.2, -0.15) is 0 Å². The SMILES string of the molecule is CCN(CC)C(=O)COc1cc(F)cc(CC(C)N)c1. The van der Waals surface area contributed by atoms with Crippen LogP contribution in [0.5, 0.6) is 5.75 Å². The van der Waals surface area contributed by atoms with Gasteiger partial charge in [-0.15, -0.1) is 0 Å². The van der Waals surface area contributed by atoms with Gasteiger partial charge in [0.15, 0.2) is 6.61 Å². The molecule has 1 aromatic rings. The zero-order chi connectivity index (χ0) is 15.1. The molecule has 2 N–H and O–H groups in total. The van der Waals surface area contributed by atoms with Gasteiger partial charge in [-0.25, -0.2) is 4.39 Å². The first kappa shape index (κ1) is 16.4. The van der Waals surface area contributed by atoms with Gasteiger partial charge in [0.25, 0.3) is 5.91 Å². The van der Waals surface area contributed by atoms with Gasteiger partial charge >= 0.3 is 0 Å². The lowest BCUT2D eigenvalue weighted by Crippen LogP contribution is -2.34. The number of nitrogens with two attached hydrogens (primary N) is 1. The number of amides is 1. The van der Waals surface area contributed by atoms with Crippen LogP contribution in [0.3, 0.4) is 0 Å². The predicted molar refractivity (Wildman–Crippen MR) is 77.2 cm³/mol. The maximum atomic E-state index is 13.5. The van der Waals surface area contributed by atoms with Crippen LogP contribution in [0.15, 0.2) is 18.2 Å². The minimum Gasteiger partial charge on any atom is -0.484 e. The van der Waals surface area contributed by atoms with E-state index >= 15 is 0 Å². The number of carbonyl (C=O) groups is 1. The molecule has 0 spiro atoms. The predicted octanol–water partition coefficient (Wildman–Crippen LogP) is 1.96. The molecule has 0 aliphatic carbocycles. The van der Waals surface area contributed by atoms with E-state index in [1.54, 1.807) is 11.0 Å². The highest BCUT2D eigenvalue weighted by molar-refractivity contribution is 5.77. The highest BCUT2D eigenvalue weighted by Gasteiger charge is 2.11. The largest absolute Gasteiger partial charge is 0.484 e. The normalized spacial score (nSPS) is 12.1. The highest BCUT2D eigenvalue weighted by Crippen LogP contribution is 2.17. The third-order valence-electron chi connectivity index (χ3n) is 2.97. The highest BCUT2D eigenvalue weighted by atomic mass is 19.1. The molecular formula is C15H23FN2O2. The van der Waals surface area contributed by atoms with Crippen LogP contribution in [0.25, 0.3) is 0 Å². The summed E-state index contributed by atoms with van der Waals surface area (Å²) in [7, 11) is 0. The van der Waals surface area contributed by atoms with E-state index in [4.69, 9.17) is 10.5 Å². The Morgan fingerprint density at radius 2 is 2.00 bits per heavy atom. The molecule has 20 heavy (non-hydrogen) atoms. The zero-order valence-electron chi connectivity index (χ0n) is 12.4. The fourth-order valence-electron chi connectivity index (χ4n) is 2.01. The van der Waals surface area contributed by atoms with Crippen molar-refractivity contribution >= 4 is 5.91 Å². The second-order valence-corrected chi connectivity index (χ2v) is 4.83. The molecule has 0 saturated heterocycles. The molecule has 0 radical (unpaired) electrons. The number of carbonyl (C=O) groups excluding carboxylic acids is 1. The molecule has 0 saturated carbocycles. The van der Waals surface area contributed by atoms with Crippen LogP contribution >= 0.6 is 0 Å². The molecule has 112 valence electrons. The molecule has 0 heterocycles. The molecule has 0 fully saturated rings. The fourth-order valence-corrected chi connectivity index (χ4v) is 2.01. The minimum atomic E-state index is -0.381. The molecule has 5 heteroatoms. The average Bonchev–Trinajstić information content (AvgIpc) is 2.36. The first-order valence-corrected chi connectivity index (χ1v) is 6.91. The minimum absolute atomic E-state index is 0.0537. The monoisotopic (exact) mass is 282 g/mol. The van der Waals surface area contributed by atoms with Crippen molar-refractivity contribution in [2.24, 2.45) is 5.73 Å². The van der Waals surface area contributed by atoms with E-state index < -0.39 is 0 Å². The fraction of sp³-hybridized carbons (Fsp3) is 0.533. The molecular weight excluding hydrogens is 259 g/mol. The molecule has 1 rings (SSSR count). The van der Waals surface area contributed by atoms with E-state index in [1.807, 2.05) is 20.8 Å². The molecule has 0 aliphatic rings. The van der Waals surface area contributed by atoms with Gasteiger partial charge in [0, 0.05) is 25.2 Å². The Morgan fingerprint density at radius 3 is 2.55 bits per heavy atom. The van der Waals surface area contributed by atoms with Crippen molar-refractivity contribution in [3.63, 3.8) is 0 Å². The third-order valence-corrected chi connectivity index (χ3v) is 2.97. The number of hydrogen-bond donors (Lipinski definition) is 1. The summed E-state index contributed by atoms with van der Waals surface area (Å²) in [5.74, 6) is -0.123. The Bertz CT molecular complexity index is 445. The Labute approximate surface area is 119 Å². The van der Waals surface area contributed by atoms with E-state index in [2.05, 4.69) is 0 Å². The van der Waals surface area contributed by atoms with E-state index in [0.717, 1.165) is 5.56 Å². The van der Waals surface area contributed by atoms with Crippen LogP contribution in [0, 0.1) is 5.82 Å². The molecule has 1 atom stereocenters. The molecule has 0 bridgehead atoms. The van der Waals surface area contributed by atoms with Crippen molar-refractivity contribution in [3.8, 4) is 5.75 Å². The maximum absolute atomic E-state index is 13.5. The molecule has 0 aromatic heterocycles. The van der Waals surface area contributed by atoms with Crippen LogP contribution in [0.4, 0.5) is 4.39 Å². The van der Waals surface area contributed by atoms with Gasteiger partial charge in [-0.1, -0.05) is 0 Å². The smallest absolute Gasteiger partial charge is 0.260 e. The van der Waals surface area contributed by atoms with Gasteiger partial charge in [-0.05, 0) is 44.9 Å². The van der Waals surface area contributed by atoms with E-state index in [1.165, 1.54) is 12.1 Å². The maximum Gasteiger partial charge on any atom is 0.260 e. The van der Waals surface area contributed by atoms with E-state index in [9.17, 15) is 9.18 Å². The number of hydrogen-bond acceptors (Lipinski definition) is 3. The number of likely N-dealkylation sites (N-methyl/N-ethyl adjacent to an activating group) is 1. The Hall–Kier alpha value is -1.62. The Balaban J connectivity index is 2.68. The van der Waals surface area contributed by atoms with Crippen molar-refractivity contribution in [1.82, 2.24) is 4.90 Å². The van der Waals surface area contributed by atoms with Crippen LogP contribution in [-0.2, 0) is 11.2 Å². The lowest BCUT2D eigenvalue weighted by atomic mass is 10.1. The molecule has 1 amide bonds. The summed E-state index contributed by atoms with van der Waals surface area (Å²) in [6, 6.07) is 4.38. The van der Waals surface area contributed by atoms with Crippen molar-refractivity contribution in [3.05, 3.63) is 29.6 Å². The van der Waals surface area contributed by atoms with E-state index in [0.29, 0.717) is 25.3 Å². The van der Waals surface area contributed by atoms with Gasteiger partial charge < -0.3 is 15.4 Å². The van der Waals surface area contributed by atoms with Gasteiger partial charge in [0.05, 0.1) is 0 Å². The summed E-state index contributed by atoms with van der Waals surface area (Å²) in [5, 5.41) is 0. The lowest BCUT2D eigenvalue weighted by Gasteiger charge is -2.18. The average molecular weight is 282 g/mol.